The van der Waals surface area contributed by atoms with Gasteiger partial charge in [-0.15, -0.1) is 0 Å². The Labute approximate surface area is 176 Å². The van der Waals surface area contributed by atoms with Crippen LogP contribution in [0.1, 0.15) is 13.8 Å². The van der Waals surface area contributed by atoms with Gasteiger partial charge in [-0.3, -0.25) is 0 Å². The van der Waals surface area contributed by atoms with E-state index in [-0.39, 0.29) is 0 Å². The minimum absolute atomic E-state index is 0.354. The summed E-state index contributed by atoms with van der Waals surface area (Å²) in [6.07, 6.45) is 0. The maximum absolute atomic E-state index is 11.6. The van der Waals surface area contributed by atoms with E-state index in [0.29, 0.717) is 22.6 Å². The smallest absolute Gasteiger partial charge is 0.338 e. The number of carbonyl (C=O) groups is 2. The first-order chi connectivity index (χ1) is 14.3. The molecule has 0 bridgehead atoms. The van der Waals surface area contributed by atoms with Crippen molar-refractivity contribution in [2.75, 3.05) is 0 Å². The van der Waals surface area contributed by atoms with Gasteiger partial charge in [-0.2, -0.15) is 0 Å². The fraction of sp³-hybridized carbons (Fsp3) is 0.0769. The van der Waals surface area contributed by atoms with Gasteiger partial charge in [-0.25, -0.2) is 9.59 Å². The lowest BCUT2D eigenvalue weighted by atomic mass is 9.99. The molecule has 0 spiro atoms. The highest BCUT2D eigenvalue weighted by molar-refractivity contribution is 5.89. The monoisotopic (exact) mass is 398 g/mol. The number of benzene rings is 3. The molecule has 0 amide bonds. The molecule has 0 aliphatic heterocycles. The highest BCUT2D eigenvalue weighted by atomic mass is 16.5. The van der Waals surface area contributed by atoms with Crippen LogP contribution in [-0.2, 0) is 9.59 Å². The average Bonchev–Trinajstić information content (AvgIpc) is 2.74. The van der Waals surface area contributed by atoms with Crippen molar-refractivity contribution in [2.45, 2.75) is 13.8 Å². The van der Waals surface area contributed by atoms with E-state index in [0.717, 1.165) is 22.3 Å². The van der Waals surface area contributed by atoms with Crippen molar-refractivity contribution in [2.24, 2.45) is 0 Å². The topological polar surface area (TPSA) is 52.6 Å². The normalized spacial score (nSPS) is 10.2. The van der Waals surface area contributed by atoms with Crippen molar-refractivity contribution >= 4 is 11.9 Å². The molecule has 0 aromatic heterocycles. The second-order valence-corrected chi connectivity index (χ2v) is 6.97. The Bertz CT molecular complexity index is 1020. The summed E-state index contributed by atoms with van der Waals surface area (Å²) >= 11 is 0. The van der Waals surface area contributed by atoms with Crippen LogP contribution in [0.25, 0.3) is 22.3 Å². The van der Waals surface area contributed by atoms with Gasteiger partial charge in [0.1, 0.15) is 11.5 Å². The molecule has 30 heavy (non-hydrogen) atoms. The number of hydrogen-bond donors (Lipinski definition) is 0. The Hall–Kier alpha value is -3.92. The van der Waals surface area contributed by atoms with E-state index in [1.54, 1.807) is 38.1 Å². The van der Waals surface area contributed by atoms with Crippen molar-refractivity contribution in [1.29, 1.82) is 0 Å². The lowest BCUT2D eigenvalue weighted by Gasteiger charge is -2.09. The summed E-state index contributed by atoms with van der Waals surface area (Å²) in [5, 5.41) is 0. The summed E-state index contributed by atoms with van der Waals surface area (Å²) < 4.78 is 10.5. The van der Waals surface area contributed by atoms with E-state index < -0.39 is 11.9 Å². The first kappa shape index (κ1) is 20.8. The lowest BCUT2D eigenvalue weighted by molar-refractivity contribution is -0.130. The highest BCUT2D eigenvalue weighted by Crippen LogP contribution is 2.29. The summed E-state index contributed by atoms with van der Waals surface area (Å²) in [7, 11) is 0. The molecule has 0 fully saturated rings. The van der Waals surface area contributed by atoms with E-state index >= 15 is 0 Å². The van der Waals surface area contributed by atoms with Crippen LogP contribution in [0.5, 0.6) is 11.5 Å². The van der Waals surface area contributed by atoms with Gasteiger partial charge in [0.25, 0.3) is 0 Å². The maximum atomic E-state index is 11.6. The summed E-state index contributed by atoms with van der Waals surface area (Å²) in [5.74, 6) is 0.0647. The molecule has 0 N–H and O–H groups in total. The summed E-state index contributed by atoms with van der Waals surface area (Å²) in [4.78, 5) is 23.3. The van der Waals surface area contributed by atoms with E-state index in [9.17, 15) is 9.59 Å². The van der Waals surface area contributed by atoms with Crippen molar-refractivity contribution in [3.8, 4) is 33.8 Å². The number of esters is 2. The number of hydrogen-bond acceptors (Lipinski definition) is 4. The van der Waals surface area contributed by atoms with Crippen molar-refractivity contribution in [3.63, 3.8) is 0 Å². The van der Waals surface area contributed by atoms with Gasteiger partial charge in [0.05, 0.1) is 0 Å². The van der Waals surface area contributed by atoms with Crippen molar-refractivity contribution in [3.05, 3.63) is 97.1 Å². The van der Waals surface area contributed by atoms with Gasteiger partial charge in [-0.1, -0.05) is 55.6 Å². The molecule has 0 aliphatic rings. The molecule has 3 rings (SSSR count). The fourth-order valence-corrected chi connectivity index (χ4v) is 2.70. The van der Waals surface area contributed by atoms with Gasteiger partial charge in [-0.05, 0) is 66.4 Å². The highest BCUT2D eigenvalue weighted by Gasteiger charge is 2.08. The summed E-state index contributed by atoms with van der Waals surface area (Å²) in [5.41, 5.74) is 4.77. The van der Waals surface area contributed by atoms with E-state index in [4.69, 9.17) is 9.47 Å². The van der Waals surface area contributed by atoms with Crippen LogP contribution in [0.3, 0.4) is 0 Å². The third-order valence-electron chi connectivity index (χ3n) is 4.36. The molecule has 0 heterocycles. The van der Waals surface area contributed by atoms with Crippen LogP contribution in [0.4, 0.5) is 0 Å². The first-order valence-electron chi connectivity index (χ1n) is 9.40. The van der Waals surface area contributed by atoms with Crippen LogP contribution in [0, 0.1) is 0 Å². The van der Waals surface area contributed by atoms with Crippen LogP contribution in [0.2, 0.25) is 0 Å². The van der Waals surface area contributed by atoms with Gasteiger partial charge < -0.3 is 9.47 Å². The molecule has 0 aliphatic carbocycles. The number of carbonyl (C=O) groups excluding carboxylic acids is 2. The number of ether oxygens (including phenoxy) is 2. The number of rotatable bonds is 6. The Morgan fingerprint density at radius 3 is 1.30 bits per heavy atom. The van der Waals surface area contributed by atoms with Gasteiger partial charge in [0.2, 0.25) is 0 Å². The van der Waals surface area contributed by atoms with Crippen molar-refractivity contribution < 1.29 is 19.1 Å². The van der Waals surface area contributed by atoms with E-state index in [1.165, 1.54) is 0 Å². The molecule has 3 aromatic rings. The molecule has 150 valence electrons. The quantitative estimate of drug-likeness (QED) is 0.291. The van der Waals surface area contributed by atoms with Gasteiger partial charge in [0, 0.05) is 11.1 Å². The van der Waals surface area contributed by atoms with Crippen LogP contribution >= 0.6 is 0 Å². The zero-order valence-corrected chi connectivity index (χ0v) is 17.0. The average molecular weight is 398 g/mol. The molecule has 0 unspecified atom stereocenters. The summed E-state index contributed by atoms with van der Waals surface area (Å²) in [6, 6.07) is 22.7. The molecule has 0 atom stereocenters. The zero-order valence-electron chi connectivity index (χ0n) is 17.0. The molecule has 0 radical (unpaired) electrons. The molecule has 0 saturated carbocycles. The van der Waals surface area contributed by atoms with Crippen molar-refractivity contribution in [1.82, 2.24) is 0 Å². The molecular weight excluding hydrogens is 376 g/mol. The third-order valence-corrected chi connectivity index (χ3v) is 4.36. The van der Waals surface area contributed by atoms with E-state index in [2.05, 4.69) is 19.2 Å². The first-order valence-corrected chi connectivity index (χ1v) is 9.40. The molecule has 0 saturated heterocycles. The predicted octanol–water partition coefficient (Wildman–Crippen LogP) is 5.98. The Morgan fingerprint density at radius 2 is 0.967 bits per heavy atom. The minimum Gasteiger partial charge on any atom is -0.423 e. The van der Waals surface area contributed by atoms with Crippen LogP contribution < -0.4 is 9.47 Å². The second kappa shape index (κ2) is 9.05. The zero-order chi connectivity index (χ0) is 21.7. The minimum atomic E-state index is -0.442. The summed E-state index contributed by atoms with van der Waals surface area (Å²) in [6.45, 7) is 10.4. The van der Waals surface area contributed by atoms with Crippen LogP contribution in [0.15, 0.2) is 97.1 Å². The second-order valence-electron chi connectivity index (χ2n) is 6.97. The SMILES string of the molecule is C=C(C)C(=O)Oc1ccc(-c2cccc(-c3ccc(OC(=O)C(=C)C)cc3)c2)cc1. The Balaban J connectivity index is 1.77. The maximum Gasteiger partial charge on any atom is 0.338 e. The lowest BCUT2D eigenvalue weighted by Crippen LogP contribution is -2.07. The Morgan fingerprint density at radius 1 is 0.600 bits per heavy atom. The largest absolute Gasteiger partial charge is 0.423 e. The van der Waals surface area contributed by atoms with Crippen LogP contribution in [-0.4, -0.2) is 11.9 Å². The van der Waals surface area contributed by atoms with E-state index in [1.807, 2.05) is 42.5 Å². The molecular formula is C26H22O4. The predicted molar refractivity (Wildman–Crippen MR) is 118 cm³/mol. The van der Waals surface area contributed by atoms with Gasteiger partial charge in [0.15, 0.2) is 0 Å². The molecule has 3 aromatic carbocycles. The fourth-order valence-electron chi connectivity index (χ4n) is 2.70. The van der Waals surface area contributed by atoms with Gasteiger partial charge >= 0.3 is 11.9 Å². The standard InChI is InChI=1S/C26H22O4/c1-17(2)25(27)29-23-12-8-19(9-13-23)21-6-5-7-22(16-21)20-10-14-24(15-11-20)30-26(28)18(3)4/h5-16H,1,3H2,2,4H3. The molecule has 4 nitrogen and oxygen atoms in total. The Kier molecular flexibility index (Phi) is 6.28. The molecule has 4 heteroatoms. The third kappa shape index (κ3) is 5.11.